The van der Waals surface area contributed by atoms with Gasteiger partial charge in [-0.1, -0.05) is 27.7 Å². The zero-order chi connectivity index (χ0) is 37.0. The molecule has 6 nitrogen and oxygen atoms in total. The first kappa shape index (κ1) is 50.6. The Morgan fingerprint density at radius 2 is 0.528 bits per heavy atom. The molecule has 0 aromatic heterocycles. The first-order valence-corrected chi connectivity index (χ1v) is 19.4. The smallest absolute Gasteiger partial charge is 1.00 e. The van der Waals surface area contributed by atoms with Crippen LogP contribution in [0.2, 0.25) is 0 Å². The molecule has 0 spiro atoms. The molecule has 0 bridgehead atoms. The van der Waals surface area contributed by atoms with Crippen molar-refractivity contribution in [2.24, 2.45) is 0 Å². The van der Waals surface area contributed by atoms with Crippen LogP contribution in [0.1, 0.15) is 38.9 Å². The Morgan fingerprint density at radius 1 is 0.358 bits per heavy atom. The molecule has 0 unspecified atom stereocenters. The van der Waals surface area contributed by atoms with Gasteiger partial charge in [0, 0.05) is 119 Å². The summed E-state index contributed by atoms with van der Waals surface area (Å²) in [5.41, 5.74) is 17.0. The molecular weight excluding hydrogens is 771 g/mol. The van der Waals surface area contributed by atoms with Crippen LogP contribution in [0.3, 0.4) is 0 Å². The van der Waals surface area contributed by atoms with Crippen molar-refractivity contribution in [3.8, 4) is 0 Å². The largest absolute Gasteiger partial charge is 4.00 e. The molecule has 11 heteroatoms. The van der Waals surface area contributed by atoms with Gasteiger partial charge in [-0.15, -0.1) is 5.19 Å². The average Bonchev–Trinajstić information content (AvgIpc) is 3.19. The Morgan fingerprint density at radius 3 is 0.679 bits per heavy atom. The molecule has 0 saturated heterocycles. The Hall–Kier alpha value is -2.39. The van der Waals surface area contributed by atoms with Crippen LogP contribution in [-0.4, -0.2) is 92.6 Å². The third-order valence-corrected chi connectivity index (χ3v) is 15.8. The predicted molar refractivity (Wildman–Crippen MR) is 225 cm³/mol. The summed E-state index contributed by atoms with van der Waals surface area (Å²) in [6.45, 7) is 16.2. The van der Waals surface area contributed by atoms with Crippen LogP contribution in [0, 0.1) is 48.5 Å². The molecular formula is C42H63Cl3N6SiTi. The van der Waals surface area contributed by atoms with Crippen LogP contribution in [0.4, 0.5) is 34.1 Å². The molecule has 0 aliphatic rings. The van der Waals surface area contributed by atoms with Gasteiger partial charge in [0.25, 0.3) is 0 Å². The summed E-state index contributed by atoms with van der Waals surface area (Å²) in [6, 6.07) is 14.6. The summed E-state index contributed by atoms with van der Waals surface area (Å²) in [7, 11) is 23.3. The number of benzene rings is 3. The summed E-state index contributed by atoms with van der Waals surface area (Å²) < 4.78 is 0. The van der Waals surface area contributed by atoms with Crippen molar-refractivity contribution >= 4 is 62.9 Å². The molecule has 0 saturated carbocycles. The second-order valence-electron chi connectivity index (χ2n) is 15.5. The third-order valence-electron chi connectivity index (χ3n) is 10.6. The number of hydrogen-bond donors (Lipinski definition) is 0. The molecule has 4 aromatic rings. The first-order chi connectivity index (χ1) is 22.7. The quantitative estimate of drug-likeness (QED) is 0.0928. The van der Waals surface area contributed by atoms with Gasteiger partial charge in [-0.3, -0.25) is 0 Å². The molecule has 290 valence electrons. The van der Waals surface area contributed by atoms with Gasteiger partial charge in [-0.2, -0.15) is 22.3 Å². The number of nitrogens with zero attached hydrogens (tertiary/aromatic N) is 6. The summed E-state index contributed by atoms with van der Waals surface area (Å²) in [6.07, 6.45) is 0. The van der Waals surface area contributed by atoms with Crippen molar-refractivity contribution in [2.75, 3.05) is 114 Å². The Balaban J connectivity index is 0.00000676. The van der Waals surface area contributed by atoms with Gasteiger partial charge in [0.15, 0.2) is 0 Å². The minimum Gasteiger partial charge on any atom is -1.00 e. The van der Waals surface area contributed by atoms with E-state index < -0.39 is 8.07 Å². The minimum atomic E-state index is -3.36. The van der Waals surface area contributed by atoms with E-state index in [1.165, 1.54) is 93.8 Å². The SMILES string of the molecule is Cc1cc(N(C)C)c([Si](c2c(N(C)C)cc(C)cc2N(C)C)(c2c(N(C)C)cc(C)cc2N(C)C)[c-]2c(C)c(C)c(C)c2C)c(N(C)C)c1.[Cl-].[Cl-].[Cl-].[Ti+4]. The van der Waals surface area contributed by atoms with Crippen LogP contribution >= 0.6 is 0 Å². The number of halogens is 3. The fourth-order valence-corrected chi connectivity index (χ4v) is 15.1. The Kier molecular flexibility index (Phi) is 18.1. The Labute approximate surface area is 357 Å². The van der Waals surface area contributed by atoms with Crippen molar-refractivity contribution in [3.05, 3.63) is 75.3 Å². The van der Waals surface area contributed by atoms with Crippen molar-refractivity contribution < 1.29 is 58.9 Å². The van der Waals surface area contributed by atoms with E-state index in [4.69, 9.17) is 0 Å². The van der Waals surface area contributed by atoms with E-state index in [2.05, 4.69) is 199 Å². The summed E-state index contributed by atoms with van der Waals surface area (Å²) >= 11 is 0. The zero-order valence-corrected chi connectivity index (χ0v) is 40.6. The summed E-state index contributed by atoms with van der Waals surface area (Å²) in [5.74, 6) is 0. The fraction of sp³-hybridized carbons (Fsp3) is 0.452. The van der Waals surface area contributed by atoms with Gasteiger partial charge in [-0.25, -0.2) is 0 Å². The number of hydrogen-bond acceptors (Lipinski definition) is 6. The monoisotopic (exact) mass is 832 g/mol. The maximum absolute atomic E-state index is 3.36. The van der Waals surface area contributed by atoms with Gasteiger partial charge in [-0.05, 0) is 89.4 Å². The van der Waals surface area contributed by atoms with Gasteiger partial charge >= 0.3 is 21.7 Å². The normalized spacial score (nSPS) is 10.7. The van der Waals surface area contributed by atoms with Crippen LogP contribution in [0.15, 0.2) is 36.4 Å². The van der Waals surface area contributed by atoms with Gasteiger partial charge in [0.2, 0.25) is 0 Å². The van der Waals surface area contributed by atoms with Crippen LogP contribution in [0.25, 0.3) is 0 Å². The zero-order valence-electron chi connectivity index (χ0n) is 35.8. The molecule has 0 heterocycles. The third kappa shape index (κ3) is 8.71. The molecule has 0 radical (unpaired) electrons. The second-order valence-corrected chi connectivity index (χ2v) is 19.0. The predicted octanol–water partition coefficient (Wildman–Crippen LogP) is -3.65. The molecule has 0 aliphatic carbocycles. The maximum Gasteiger partial charge on any atom is 4.00 e. The first-order valence-electron chi connectivity index (χ1n) is 17.4. The topological polar surface area (TPSA) is 19.4 Å². The van der Waals surface area contributed by atoms with E-state index in [1.54, 1.807) is 0 Å². The van der Waals surface area contributed by atoms with E-state index in [-0.39, 0.29) is 58.9 Å². The van der Waals surface area contributed by atoms with E-state index in [1.807, 2.05) is 0 Å². The Bertz CT molecular complexity index is 1600. The van der Waals surface area contributed by atoms with E-state index >= 15 is 0 Å². The average molecular weight is 834 g/mol. The molecule has 53 heavy (non-hydrogen) atoms. The second kappa shape index (κ2) is 19.0. The molecule has 0 atom stereocenters. The molecule has 0 amide bonds. The van der Waals surface area contributed by atoms with Crippen LogP contribution in [-0.2, 0) is 21.7 Å². The molecule has 0 fully saturated rings. The summed E-state index contributed by atoms with van der Waals surface area (Å²) in [4.78, 5) is 14.2. The van der Waals surface area contributed by atoms with Crippen molar-refractivity contribution in [2.45, 2.75) is 48.5 Å². The fourth-order valence-electron chi connectivity index (χ4n) is 8.05. The standard InChI is InChI=1S/C42H63N6Si.3ClH.Ti/c1-26-20-33(43(8)9)40(34(21-26)44(10)11)49(39-31(6)29(4)30(5)32(39)7,41-35(45(12)13)22-27(2)23-36(41)46(14)15)42-37(47(16)17)24-28(3)25-38(42)48(18)19;;;;/h20-25H,1-19H3;3*1H;/q-1;;;;+4/p-3. The number of anilines is 6. The van der Waals surface area contributed by atoms with Crippen molar-refractivity contribution in [1.29, 1.82) is 0 Å². The van der Waals surface area contributed by atoms with Gasteiger partial charge in [0.1, 0.15) is 8.07 Å². The van der Waals surface area contributed by atoms with Crippen molar-refractivity contribution in [3.63, 3.8) is 0 Å². The molecule has 4 aromatic carbocycles. The van der Waals surface area contributed by atoms with E-state index in [0.717, 1.165) is 0 Å². The van der Waals surface area contributed by atoms with E-state index in [9.17, 15) is 0 Å². The maximum atomic E-state index is 2.43. The van der Waals surface area contributed by atoms with E-state index in [0.29, 0.717) is 0 Å². The van der Waals surface area contributed by atoms with Crippen LogP contribution in [0.5, 0.6) is 0 Å². The molecule has 0 N–H and O–H groups in total. The molecule has 4 rings (SSSR count). The molecule has 0 aliphatic heterocycles. The number of aryl methyl sites for hydroxylation is 3. The van der Waals surface area contributed by atoms with Crippen molar-refractivity contribution in [1.82, 2.24) is 0 Å². The minimum absolute atomic E-state index is 0. The summed E-state index contributed by atoms with van der Waals surface area (Å²) in [5, 5.41) is 5.78. The van der Waals surface area contributed by atoms with Crippen LogP contribution < -0.4 is 87.4 Å². The number of rotatable bonds is 10. The van der Waals surface area contributed by atoms with Gasteiger partial charge < -0.3 is 66.6 Å². The van der Waals surface area contributed by atoms with Gasteiger partial charge in [0.05, 0.1) is 0 Å².